The van der Waals surface area contributed by atoms with Crippen LogP contribution in [-0.2, 0) is 10.8 Å². The topological polar surface area (TPSA) is 30.2 Å². The first-order valence-corrected chi connectivity index (χ1v) is 10.8. The summed E-state index contributed by atoms with van der Waals surface area (Å²) in [5.41, 5.74) is 2.19. The quantitative estimate of drug-likeness (QED) is 0.474. The molecule has 3 aromatic rings. The van der Waals surface area contributed by atoms with Gasteiger partial charge in [0.1, 0.15) is 11.3 Å². The lowest BCUT2D eigenvalue weighted by atomic mass is 9.84. The van der Waals surface area contributed by atoms with Crippen molar-refractivity contribution < 1.29 is 8.63 Å². The molecule has 0 radical (unpaired) electrons. The Labute approximate surface area is 159 Å². The van der Waals surface area contributed by atoms with Crippen LogP contribution in [0.25, 0.3) is 11.0 Å². The van der Waals surface area contributed by atoms with Gasteiger partial charge in [0.05, 0.1) is 15.7 Å². The second kappa shape index (κ2) is 7.08. The Balaban J connectivity index is 1.79. The van der Waals surface area contributed by atoms with Crippen LogP contribution in [0.4, 0.5) is 0 Å². The molecule has 0 N–H and O–H groups in total. The van der Waals surface area contributed by atoms with Crippen LogP contribution >= 0.6 is 15.9 Å². The molecule has 1 aromatic heterocycles. The predicted octanol–water partition coefficient (Wildman–Crippen LogP) is 6.72. The van der Waals surface area contributed by atoms with Gasteiger partial charge < -0.3 is 4.42 Å². The van der Waals surface area contributed by atoms with E-state index in [1.165, 1.54) is 37.7 Å². The molecule has 0 unspecified atom stereocenters. The molecule has 1 heterocycles. The third-order valence-electron chi connectivity index (χ3n) is 5.10. The molecule has 1 aliphatic rings. The Bertz CT molecular complexity index is 938. The van der Waals surface area contributed by atoms with E-state index < -0.39 is 10.8 Å². The van der Waals surface area contributed by atoms with Crippen molar-refractivity contribution in [2.45, 2.75) is 54.7 Å². The van der Waals surface area contributed by atoms with Gasteiger partial charge in [0.25, 0.3) is 0 Å². The van der Waals surface area contributed by atoms with Crippen LogP contribution < -0.4 is 0 Å². The molecule has 4 heteroatoms. The molecule has 2 nitrogen and oxygen atoms in total. The van der Waals surface area contributed by atoms with Gasteiger partial charge in [-0.15, -0.1) is 0 Å². The number of benzene rings is 2. The molecular weight excluding hydrogens is 396 g/mol. The van der Waals surface area contributed by atoms with E-state index in [1.807, 2.05) is 37.3 Å². The number of furan rings is 1. The highest BCUT2D eigenvalue weighted by Crippen LogP contribution is 2.37. The molecule has 0 aliphatic heterocycles. The molecule has 25 heavy (non-hydrogen) atoms. The summed E-state index contributed by atoms with van der Waals surface area (Å²) in [6, 6.07) is 14.1. The molecule has 0 bridgehead atoms. The van der Waals surface area contributed by atoms with Crippen molar-refractivity contribution in [1.29, 1.82) is 0 Å². The fourth-order valence-corrected chi connectivity index (χ4v) is 5.72. The van der Waals surface area contributed by atoms with Crippen LogP contribution in [-0.4, -0.2) is 4.21 Å². The fraction of sp³-hybridized carbons (Fsp3) is 0.333. The van der Waals surface area contributed by atoms with Crippen LogP contribution in [0.2, 0.25) is 0 Å². The van der Waals surface area contributed by atoms with Crippen molar-refractivity contribution in [3.8, 4) is 0 Å². The molecule has 1 saturated carbocycles. The second-order valence-electron chi connectivity index (χ2n) is 6.80. The lowest BCUT2D eigenvalue weighted by molar-refractivity contribution is 0.444. The van der Waals surface area contributed by atoms with Gasteiger partial charge >= 0.3 is 0 Å². The highest BCUT2D eigenvalue weighted by molar-refractivity contribution is 9.10. The van der Waals surface area contributed by atoms with E-state index in [-0.39, 0.29) is 0 Å². The number of aryl methyl sites for hydroxylation is 1. The lowest BCUT2D eigenvalue weighted by Crippen LogP contribution is -2.04. The SMILES string of the molecule is Cc1oc2ccc(C3CCCCC3)cc2c1[S@](=O)c1cccc(Br)c1. The summed E-state index contributed by atoms with van der Waals surface area (Å²) < 4.78 is 20.1. The Morgan fingerprint density at radius 2 is 1.88 bits per heavy atom. The zero-order valence-corrected chi connectivity index (χ0v) is 16.7. The number of hydrogen-bond donors (Lipinski definition) is 0. The molecule has 0 amide bonds. The van der Waals surface area contributed by atoms with Gasteiger partial charge in [-0.25, -0.2) is 4.21 Å². The lowest BCUT2D eigenvalue weighted by Gasteiger charge is -2.21. The smallest absolute Gasteiger partial charge is 0.135 e. The van der Waals surface area contributed by atoms with Gasteiger partial charge in [-0.3, -0.25) is 0 Å². The normalized spacial score (nSPS) is 17.0. The molecule has 1 atom stereocenters. The minimum absolute atomic E-state index is 0.625. The van der Waals surface area contributed by atoms with Crippen LogP contribution in [0, 0.1) is 6.92 Å². The summed E-state index contributed by atoms with van der Waals surface area (Å²) in [4.78, 5) is 1.61. The Morgan fingerprint density at radius 1 is 1.08 bits per heavy atom. The van der Waals surface area contributed by atoms with E-state index in [1.54, 1.807) is 0 Å². The van der Waals surface area contributed by atoms with E-state index >= 15 is 0 Å². The molecule has 2 aromatic carbocycles. The van der Waals surface area contributed by atoms with Gasteiger partial charge in [-0.1, -0.05) is 47.3 Å². The summed E-state index contributed by atoms with van der Waals surface area (Å²) in [5, 5.41) is 0.999. The van der Waals surface area contributed by atoms with Crippen molar-refractivity contribution in [3.05, 3.63) is 58.3 Å². The van der Waals surface area contributed by atoms with Crippen molar-refractivity contribution in [1.82, 2.24) is 0 Å². The molecule has 0 saturated heterocycles. The van der Waals surface area contributed by atoms with Crippen LogP contribution in [0.15, 0.2) is 61.1 Å². The first-order chi connectivity index (χ1) is 12.1. The van der Waals surface area contributed by atoms with Crippen LogP contribution in [0.5, 0.6) is 0 Å². The molecule has 1 fully saturated rings. The van der Waals surface area contributed by atoms with Crippen molar-refractivity contribution in [2.24, 2.45) is 0 Å². The summed E-state index contributed by atoms with van der Waals surface area (Å²) in [7, 11) is -1.25. The zero-order valence-electron chi connectivity index (χ0n) is 14.3. The van der Waals surface area contributed by atoms with Gasteiger partial charge in [0.2, 0.25) is 0 Å². The number of hydrogen-bond acceptors (Lipinski definition) is 2. The number of fused-ring (bicyclic) bond motifs is 1. The Morgan fingerprint density at radius 3 is 2.64 bits per heavy atom. The molecule has 1 aliphatic carbocycles. The van der Waals surface area contributed by atoms with Crippen LogP contribution in [0.1, 0.15) is 49.3 Å². The summed E-state index contributed by atoms with van der Waals surface area (Å²) in [5.74, 6) is 1.37. The maximum absolute atomic E-state index is 13.2. The van der Waals surface area contributed by atoms with Crippen molar-refractivity contribution in [2.75, 3.05) is 0 Å². The maximum atomic E-state index is 13.2. The summed E-state index contributed by atoms with van der Waals surface area (Å²) in [6.07, 6.45) is 6.48. The third kappa shape index (κ3) is 3.34. The fourth-order valence-electron chi connectivity index (χ4n) is 3.84. The molecule has 130 valence electrons. The highest BCUT2D eigenvalue weighted by atomic mass is 79.9. The average molecular weight is 417 g/mol. The van der Waals surface area contributed by atoms with Crippen molar-refractivity contribution >= 4 is 37.7 Å². The molecule has 0 spiro atoms. The molecular formula is C21H21BrO2S. The van der Waals surface area contributed by atoms with E-state index in [0.717, 1.165) is 31.0 Å². The first kappa shape index (κ1) is 17.0. The van der Waals surface area contributed by atoms with Gasteiger partial charge in [-0.2, -0.15) is 0 Å². The van der Waals surface area contributed by atoms with E-state index in [2.05, 4.69) is 28.1 Å². The highest BCUT2D eigenvalue weighted by Gasteiger charge is 2.21. The van der Waals surface area contributed by atoms with Gasteiger partial charge in [0.15, 0.2) is 0 Å². The number of rotatable bonds is 3. The minimum atomic E-state index is -1.25. The van der Waals surface area contributed by atoms with Crippen LogP contribution in [0.3, 0.4) is 0 Å². The van der Waals surface area contributed by atoms with E-state index in [9.17, 15) is 4.21 Å². The standard InChI is InChI=1S/C21H21BrO2S/c1-14-21(25(23)18-9-5-8-17(22)13-18)19-12-16(10-11-20(19)24-14)15-6-3-2-4-7-15/h5,8-13,15H,2-4,6-7H2,1H3/t25-/m1/s1. The number of halogens is 1. The van der Waals surface area contributed by atoms with E-state index in [4.69, 9.17) is 4.42 Å². The minimum Gasteiger partial charge on any atom is -0.460 e. The largest absolute Gasteiger partial charge is 0.460 e. The predicted molar refractivity (Wildman–Crippen MR) is 106 cm³/mol. The van der Waals surface area contributed by atoms with Gasteiger partial charge in [0, 0.05) is 14.8 Å². The second-order valence-corrected chi connectivity index (χ2v) is 9.14. The zero-order chi connectivity index (χ0) is 17.4. The molecule has 4 rings (SSSR count). The van der Waals surface area contributed by atoms with E-state index in [0.29, 0.717) is 5.92 Å². The summed E-state index contributed by atoms with van der Waals surface area (Å²) in [6.45, 7) is 1.91. The summed E-state index contributed by atoms with van der Waals surface area (Å²) >= 11 is 3.47. The first-order valence-electron chi connectivity index (χ1n) is 8.84. The Kier molecular flexibility index (Phi) is 4.83. The Hall–Kier alpha value is -1.39. The maximum Gasteiger partial charge on any atom is 0.135 e. The third-order valence-corrected chi connectivity index (χ3v) is 7.16. The van der Waals surface area contributed by atoms with Gasteiger partial charge in [-0.05, 0) is 61.6 Å². The monoisotopic (exact) mass is 416 g/mol. The average Bonchev–Trinajstić information content (AvgIpc) is 2.96. The van der Waals surface area contributed by atoms with Crippen molar-refractivity contribution in [3.63, 3.8) is 0 Å².